The molecule has 7 heteroatoms. The van der Waals surface area contributed by atoms with Gasteiger partial charge in [0.15, 0.2) is 0 Å². The Labute approximate surface area is 183 Å². The molecule has 6 rings (SSSR count). The fourth-order valence-electron chi connectivity index (χ4n) is 5.11. The molecular weight excluding hydrogens is 411 g/mol. The first-order chi connectivity index (χ1) is 15.2. The minimum Gasteiger partial charge on any atom is -0.360 e. The Morgan fingerprint density at radius 2 is 2.03 bits per heavy atom. The molecule has 160 valence electrons. The van der Waals surface area contributed by atoms with Gasteiger partial charge >= 0.3 is 0 Å². The third kappa shape index (κ3) is 3.18. The van der Waals surface area contributed by atoms with Gasteiger partial charge in [0.25, 0.3) is 0 Å². The molecule has 1 N–H and O–H groups in total. The van der Waals surface area contributed by atoms with Crippen molar-refractivity contribution in [3.63, 3.8) is 0 Å². The molecule has 5 nitrogen and oxygen atoms in total. The van der Waals surface area contributed by atoms with Crippen molar-refractivity contribution in [2.75, 3.05) is 41.3 Å². The van der Waals surface area contributed by atoms with Gasteiger partial charge in [0, 0.05) is 55.4 Å². The Balaban J connectivity index is 1.15. The van der Waals surface area contributed by atoms with E-state index in [4.69, 9.17) is 0 Å². The average Bonchev–Trinajstić information content (AvgIpc) is 3.33. The SMILES string of the molecule is O=S1N(CCN2CC=C(c3c[nH]c4cc(F)ccc34)CC2)c2cccc3c2N1CCC3. The van der Waals surface area contributed by atoms with Crippen LogP contribution in [-0.4, -0.2) is 46.8 Å². The zero-order valence-corrected chi connectivity index (χ0v) is 18.1. The summed E-state index contributed by atoms with van der Waals surface area (Å²) in [5.74, 6) is -0.216. The number of para-hydroxylation sites is 1. The van der Waals surface area contributed by atoms with Gasteiger partial charge in [0.1, 0.15) is 5.82 Å². The lowest BCUT2D eigenvalue weighted by atomic mass is 9.99. The molecule has 0 aliphatic carbocycles. The summed E-state index contributed by atoms with van der Waals surface area (Å²) >= 11 is -1.12. The summed E-state index contributed by atoms with van der Waals surface area (Å²) in [5.41, 5.74) is 6.95. The summed E-state index contributed by atoms with van der Waals surface area (Å²) in [6.45, 7) is 4.36. The van der Waals surface area contributed by atoms with Gasteiger partial charge in [-0.3, -0.25) is 13.5 Å². The van der Waals surface area contributed by atoms with Crippen LogP contribution in [0.2, 0.25) is 0 Å². The molecule has 0 bridgehead atoms. The van der Waals surface area contributed by atoms with Crippen molar-refractivity contribution in [1.29, 1.82) is 0 Å². The number of fused-ring (bicyclic) bond motifs is 1. The molecular formula is C24H25FN4OS. The number of rotatable bonds is 4. The van der Waals surface area contributed by atoms with Gasteiger partial charge in [-0.2, -0.15) is 0 Å². The Morgan fingerprint density at radius 1 is 1.10 bits per heavy atom. The second kappa shape index (κ2) is 7.50. The molecule has 1 aromatic heterocycles. The largest absolute Gasteiger partial charge is 0.360 e. The standard InChI is InChI=1S/C24H25FN4OS/c25-19-6-7-20-21(16-26-22(20)15-19)17-8-11-27(12-9-17)13-14-28-23-5-1-3-18-4-2-10-29(24(18)23)31(28)30/h1,3,5-8,15-16,26H,2,4,9-14H2. The monoisotopic (exact) mass is 436 g/mol. The lowest BCUT2D eigenvalue weighted by Crippen LogP contribution is -2.40. The number of hydrogen-bond acceptors (Lipinski definition) is 2. The molecule has 0 saturated heterocycles. The summed E-state index contributed by atoms with van der Waals surface area (Å²) in [6.07, 6.45) is 7.37. The van der Waals surface area contributed by atoms with E-state index in [1.165, 1.54) is 28.5 Å². The molecule has 1 unspecified atom stereocenters. The molecule has 1 atom stereocenters. The van der Waals surface area contributed by atoms with E-state index in [0.29, 0.717) is 0 Å². The van der Waals surface area contributed by atoms with Crippen LogP contribution in [-0.2, 0) is 17.6 Å². The van der Waals surface area contributed by atoms with Crippen LogP contribution in [0.1, 0.15) is 24.0 Å². The number of benzene rings is 2. The number of H-pyrrole nitrogens is 1. The number of aromatic nitrogens is 1. The van der Waals surface area contributed by atoms with E-state index in [1.807, 2.05) is 12.3 Å². The van der Waals surface area contributed by atoms with Crippen LogP contribution in [0.3, 0.4) is 0 Å². The fraction of sp³-hybridized carbons (Fsp3) is 0.333. The second-order valence-corrected chi connectivity index (χ2v) is 9.84. The van der Waals surface area contributed by atoms with Crippen molar-refractivity contribution in [2.24, 2.45) is 0 Å². The molecule has 3 aromatic rings. The van der Waals surface area contributed by atoms with E-state index in [2.05, 4.69) is 42.8 Å². The summed E-state index contributed by atoms with van der Waals surface area (Å²) in [5, 5.41) is 1.08. The highest BCUT2D eigenvalue weighted by Gasteiger charge is 2.37. The molecule has 0 radical (unpaired) electrons. The van der Waals surface area contributed by atoms with Crippen molar-refractivity contribution in [1.82, 2.24) is 9.88 Å². The Kier molecular flexibility index (Phi) is 4.61. The summed E-state index contributed by atoms with van der Waals surface area (Å²) in [6, 6.07) is 11.3. The first kappa shape index (κ1) is 19.1. The molecule has 2 aromatic carbocycles. The number of aryl methyl sites for hydroxylation is 1. The minimum absolute atomic E-state index is 0.216. The molecule has 3 aliphatic heterocycles. The van der Waals surface area contributed by atoms with Gasteiger partial charge in [0.05, 0.1) is 11.4 Å². The van der Waals surface area contributed by atoms with Gasteiger partial charge in [-0.05, 0) is 54.7 Å². The topological polar surface area (TPSA) is 42.6 Å². The zero-order chi connectivity index (χ0) is 20.9. The van der Waals surface area contributed by atoms with E-state index < -0.39 is 11.2 Å². The molecule has 0 saturated carbocycles. The average molecular weight is 437 g/mol. The van der Waals surface area contributed by atoms with Crippen LogP contribution in [0.25, 0.3) is 16.5 Å². The predicted octanol–water partition coefficient (Wildman–Crippen LogP) is 4.25. The number of aromatic amines is 1. The minimum atomic E-state index is -1.12. The quantitative estimate of drug-likeness (QED) is 0.665. The van der Waals surface area contributed by atoms with E-state index in [-0.39, 0.29) is 5.82 Å². The highest BCUT2D eigenvalue weighted by Crippen LogP contribution is 2.44. The maximum atomic E-state index is 13.5. The number of nitrogens with one attached hydrogen (secondary N) is 1. The number of nitrogens with zero attached hydrogens (tertiary/aromatic N) is 3. The molecule has 3 aliphatic rings. The van der Waals surface area contributed by atoms with Crippen molar-refractivity contribution < 1.29 is 8.60 Å². The van der Waals surface area contributed by atoms with Crippen LogP contribution < -0.4 is 8.61 Å². The smallest absolute Gasteiger partial charge is 0.225 e. The number of anilines is 2. The van der Waals surface area contributed by atoms with Crippen molar-refractivity contribution >= 4 is 39.0 Å². The van der Waals surface area contributed by atoms with Gasteiger partial charge in [-0.15, -0.1) is 0 Å². The summed E-state index contributed by atoms with van der Waals surface area (Å²) in [7, 11) is 0. The Bertz CT molecular complexity index is 1220. The Morgan fingerprint density at radius 3 is 2.90 bits per heavy atom. The molecule has 0 amide bonds. The fourth-order valence-corrected chi connectivity index (χ4v) is 6.55. The molecule has 31 heavy (non-hydrogen) atoms. The highest BCUT2D eigenvalue weighted by atomic mass is 32.2. The van der Waals surface area contributed by atoms with Crippen LogP contribution in [0.4, 0.5) is 15.8 Å². The van der Waals surface area contributed by atoms with Crippen LogP contribution in [0.5, 0.6) is 0 Å². The maximum Gasteiger partial charge on any atom is 0.225 e. The van der Waals surface area contributed by atoms with Gasteiger partial charge in [0.2, 0.25) is 11.2 Å². The van der Waals surface area contributed by atoms with E-state index in [1.54, 1.807) is 6.07 Å². The van der Waals surface area contributed by atoms with Gasteiger partial charge < -0.3 is 4.98 Å². The highest BCUT2D eigenvalue weighted by molar-refractivity contribution is 7.88. The summed E-state index contributed by atoms with van der Waals surface area (Å²) < 4.78 is 30.7. The van der Waals surface area contributed by atoms with E-state index in [9.17, 15) is 8.60 Å². The molecule has 4 heterocycles. The third-order valence-electron chi connectivity index (χ3n) is 6.70. The van der Waals surface area contributed by atoms with Crippen LogP contribution >= 0.6 is 0 Å². The lowest BCUT2D eigenvalue weighted by molar-refractivity contribution is 0.311. The lowest BCUT2D eigenvalue weighted by Gasteiger charge is -2.28. The number of halogens is 1. The van der Waals surface area contributed by atoms with Gasteiger partial charge in [-0.1, -0.05) is 18.2 Å². The van der Waals surface area contributed by atoms with Gasteiger partial charge in [-0.25, -0.2) is 8.60 Å². The van der Waals surface area contributed by atoms with Crippen LogP contribution in [0.15, 0.2) is 48.7 Å². The van der Waals surface area contributed by atoms with Crippen molar-refractivity contribution in [3.05, 3.63) is 65.6 Å². The first-order valence-electron chi connectivity index (χ1n) is 11.0. The molecule has 0 fully saturated rings. The molecule has 0 spiro atoms. The third-order valence-corrected chi connectivity index (χ3v) is 8.20. The van der Waals surface area contributed by atoms with E-state index >= 15 is 0 Å². The van der Waals surface area contributed by atoms with Crippen molar-refractivity contribution in [2.45, 2.75) is 19.3 Å². The normalized spacial score (nSPS) is 20.9. The Hall–Kier alpha value is -2.64. The summed E-state index contributed by atoms with van der Waals surface area (Å²) in [4.78, 5) is 5.61. The van der Waals surface area contributed by atoms with Crippen molar-refractivity contribution in [3.8, 4) is 0 Å². The van der Waals surface area contributed by atoms with Crippen LogP contribution in [0, 0.1) is 5.82 Å². The predicted molar refractivity (Wildman–Crippen MR) is 125 cm³/mol. The second-order valence-electron chi connectivity index (χ2n) is 8.50. The number of hydrogen-bond donors (Lipinski definition) is 1. The maximum absolute atomic E-state index is 13.5. The first-order valence-corrected chi connectivity index (χ1v) is 12.0. The van der Waals surface area contributed by atoms with E-state index in [0.717, 1.165) is 68.6 Å². The zero-order valence-electron chi connectivity index (χ0n) is 17.3.